The molecule has 1 N–H and O–H groups in total. The molecule has 0 amide bonds. The van der Waals surface area contributed by atoms with E-state index in [1.54, 1.807) is 0 Å². The number of benzene rings is 1. The summed E-state index contributed by atoms with van der Waals surface area (Å²) in [4.78, 5) is 0. The lowest BCUT2D eigenvalue weighted by Crippen LogP contribution is -2.02. The monoisotopic (exact) mass is 393 g/mol. The van der Waals surface area contributed by atoms with E-state index in [0.29, 0.717) is 9.79 Å². The van der Waals surface area contributed by atoms with Crippen LogP contribution in [0.5, 0.6) is 0 Å². The molecule has 0 aliphatic rings. The Morgan fingerprint density at radius 2 is 1.50 bits per heavy atom. The molecule has 0 unspecified atom stereocenters. The average molecular weight is 394 g/mol. The molecule has 0 saturated carbocycles. The first kappa shape index (κ1) is 21.2. The fourth-order valence-corrected chi connectivity index (χ4v) is 3.80. The summed E-state index contributed by atoms with van der Waals surface area (Å²) in [6, 6.07) is 7.77. The highest BCUT2D eigenvalue weighted by atomic mass is 35.5. The van der Waals surface area contributed by atoms with Crippen LogP contribution < -0.4 is 0 Å². The number of rotatable bonds is 13. The van der Waals surface area contributed by atoms with Gasteiger partial charge in [-0.3, -0.25) is 9.67 Å². The standard InChI is InChI=1S/C21H32ClN3S/c1-2-3-4-5-6-7-8-9-10-11-12-17-20-23-24-21(26)25(20)19-16-14-13-15-18(19)22/h13-16H,2-12,17H2,1H3,(H,24,26). The van der Waals surface area contributed by atoms with Gasteiger partial charge in [0.25, 0.3) is 0 Å². The van der Waals surface area contributed by atoms with Crippen LogP contribution in [0, 0.1) is 4.77 Å². The first-order valence-corrected chi connectivity index (χ1v) is 10.9. The van der Waals surface area contributed by atoms with Crippen molar-refractivity contribution in [2.75, 3.05) is 0 Å². The lowest BCUT2D eigenvalue weighted by Gasteiger charge is -2.08. The summed E-state index contributed by atoms with van der Waals surface area (Å²) in [7, 11) is 0. The predicted molar refractivity (Wildman–Crippen MR) is 114 cm³/mol. The van der Waals surface area contributed by atoms with E-state index in [2.05, 4.69) is 17.1 Å². The zero-order valence-electron chi connectivity index (χ0n) is 16.0. The number of nitrogens with zero attached hydrogens (tertiary/aromatic N) is 2. The number of aromatic amines is 1. The molecule has 2 rings (SSSR count). The van der Waals surface area contributed by atoms with Gasteiger partial charge in [-0.15, -0.1) is 0 Å². The number of aryl methyl sites for hydroxylation is 1. The van der Waals surface area contributed by atoms with Gasteiger partial charge >= 0.3 is 0 Å². The van der Waals surface area contributed by atoms with Crippen molar-refractivity contribution in [1.82, 2.24) is 14.8 Å². The highest BCUT2D eigenvalue weighted by molar-refractivity contribution is 7.71. The van der Waals surface area contributed by atoms with Crippen LogP contribution in [0.3, 0.4) is 0 Å². The molecule has 1 aromatic heterocycles. The largest absolute Gasteiger partial charge is 0.271 e. The van der Waals surface area contributed by atoms with Gasteiger partial charge < -0.3 is 0 Å². The summed E-state index contributed by atoms with van der Waals surface area (Å²) in [6.45, 7) is 2.27. The lowest BCUT2D eigenvalue weighted by atomic mass is 10.1. The molecule has 0 saturated heterocycles. The van der Waals surface area contributed by atoms with Crippen molar-refractivity contribution in [3.63, 3.8) is 0 Å². The van der Waals surface area contributed by atoms with Crippen molar-refractivity contribution >= 4 is 23.8 Å². The summed E-state index contributed by atoms with van der Waals surface area (Å²) >= 11 is 11.7. The Bertz CT molecular complexity index is 693. The van der Waals surface area contributed by atoms with E-state index in [1.165, 1.54) is 64.2 Å². The number of halogens is 1. The number of H-pyrrole nitrogens is 1. The fourth-order valence-electron chi connectivity index (χ4n) is 3.33. The molecule has 0 spiro atoms. The summed E-state index contributed by atoms with van der Waals surface area (Å²) in [5, 5.41) is 8.01. The maximum Gasteiger partial charge on any atom is 0.199 e. The van der Waals surface area contributed by atoms with Crippen molar-refractivity contribution in [2.24, 2.45) is 0 Å². The molecular weight excluding hydrogens is 362 g/mol. The third-order valence-corrected chi connectivity index (χ3v) is 5.43. The highest BCUT2D eigenvalue weighted by Gasteiger charge is 2.10. The Balaban J connectivity index is 1.67. The Hall–Kier alpha value is -1.13. The lowest BCUT2D eigenvalue weighted by molar-refractivity contribution is 0.547. The van der Waals surface area contributed by atoms with Crippen LogP contribution in [-0.2, 0) is 6.42 Å². The van der Waals surface area contributed by atoms with Crippen LogP contribution in [0.25, 0.3) is 5.69 Å². The van der Waals surface area contributed by atoms with Gasteiger partial charge in [-0.1, -0.05) is 94.9 Å². The van der Waals surface area contributed by atoms with Gasteiger partial charge in [-0.05, 0) is 30.8 Å². The topological polar surface area (TPSA) is 33.6 Å². The van der Waals surface area contributed by atoms with Gasteiger partial charge in [0.15, 0.2) is 4.77 Å². The van der Waals surface area contributed by atoms with E-state index in [1.807, 2.05) is 28.8 Å². The minimum absolute atomic E-state index is 0.608. The first-order chi connectivity index (χ1) is 12.7. The normalized spacial score (nSPS) is 11.2. The molecule has 0 aliphatic heterocycles. The van der Waals surface area contributed by atoms with Crippen molar-refractivity contribution in [3.8, 4) is 5.69 Å². The third-order valence-electron chi connectivity index (χ3n) is 4.84. The van der Waals surface area contributed by atoms with Gasteiger partial charge in [0.1, 0.15) is 5.82 Å². The number of nitrogens with one attached hydrogen (secondary N) is 1. The average Bonchev–Trinajstić information content (AvgIpc) is 3.00. The van der Waals surface area contributed by atoms with E-state index < -0.39 is 0 Å². The molecule has 0 aliphatic carbocycles. The molecule has 1 aromatic carbocycles. The van der Waals surface area contributed by atoms with Crippen LogP contribution in [-0.4, -0.2) is 14.8 Å². The molecule has 3 nitrogen and oxygen atoms in total. The molecule has 5 heteroatoms. The minimum Gasteiger partial charge on any atom is -0.271 e. The summed E-state index contributed by atoms with van der Waals surface area (Å²) in [5.41, 5.74) is 0.908. The van der Waals surface area contributed by atoms with Crippen LogP contribution in [0.1, 0.15) is 83.4 Å². The molecule has 0 radical (unpaired) electrons. The molecule has 2 aromatic rings. The Morgan fingerprint density at radius 3 is 2.12 bits per heavy atom. The maximum atomic E-state index is 6.32. The molecule has 1 heterocycles. The number of unbranched alkanes of at least 4 members (excludes halogenated alkanes) is 10. The summed E-state index contributed by atoms with van der Waals surface area (Å²) < 4.78 is 2.57. The second-order valence-electron chi connectivity index (χ2n) is 7.02. The highest BCUT2D eigenvalue weighted by Crippen LogP contribution is 2.22. The van der Waals surface area contributed by atoms with E-state index in [4.69, 9.17) is 23.8 Å². The zero-order chi connectivity index (χ0) is 18.6. The zero-order valence-corrected chi connectivity index (χ0v) is 17.5. The molecule has 26 heavy (non-hydrogen) atoms. The van der Waals surface area contributed by atoms with Crippen molar-refractivity contribution in [3.05, 3.63) is 39.9 Å². The quantitative estimate of drug-likeness (QED) is 0.283. The number of hydrogen-bond donors (Lipinski definition) is 1. The van der Waals surface area contributed by atoms with Crippen molar-refractivity contribution in [1.29, 1.82) is 0 Å². The number of para-hydroxylation sites is 1. The predicted octanol–water partition coefficient (Wildman–Crippen LogP) is 7.44. The van der Waals surface area contributed by atoms with Gasteiger partial charge in [-0.2, -0.15) is 5.10 Å². The number of hydrogen-bond acceptors (Lipinski definition) is 2. The van der Waals surface area contributed by atoms with Gasteiger partial charge in [0.05, 0.1) is 10.7 Å². The van der Waals surface area contributed by atoms with Gasteiger partial charge in [-0.25, -0.2) is 0 Å². The van der Waals surface area contributed by atoms with Gasteiger partial charge in [0.2, 0.25) is 0 Å². The minimum atomic E-state index is 0.608. The fraction of sp³-hybridized carbons (Fsp3) is 0.619. The Morgan fingerprint density at radius 1 is 0.923 bits per heavy atom. The van der Waals surface area contributed by atoms with Crippen molar-refractivity contribution in [2.45, 2.75) is 84.0 Å². The SMILES string of the molecule is CCCCCCCCCCCCCc1n[nH]c(=S)n1-c1ccccc1Cl. The number of aromatic nitrogens is 3. The molecular formula is C21H32ClN3S. The maximum absolute atomic E-state index is 6.32. The van der Waals surface area contributed by atoms with E-state index >= 15 is 0 Å². The molecule has 0 bridgehead atoms. The second-order valence-corrected chi connectivity index (χ2v) is 7.81. The summed E-state index contributed by atoms with van der Waals surface area (Å²) in [6.07, 6.45) is 15.7. The molecule has 0 atom stereocenters. The van der Waals surface area contributed by atoms with Crippen molar-refractivity contribution < 1.29 is 0 Å². The van der Waals surface area contributed by atoms with Crippen LogP contribution >= 0.6 is 23.8 Å². The van der Waals surface area contributed by atoms with Crippen LogP contribution in [0.2, 0.25) is 5.02 Å². The first-order valence-electron chi connectivity index (χ1n) is 10.1. The smallest absolute Gasteiger partial charge is 0.199 e. The molecule has 144 valence electrons. The van der Waals surface area contributed by atoms with E-state index in [-0.39, 0.29) is 0 Å². The van der Waals surface area contributed by atoms with Crippen LogP contribution in [0.4, 0.5) is 0 Å². The van der Waals surface area contributed by atoms with Crippen LogP contribution in [0.15, 0.2) is 24.3 Å². The van der Waals surface area contributed by atoms with E-state index in [0.717, 1.165) is 24.4 Å². The molecule has 0 fully saturated rings. The second kappa shape index (κ2) is 12.3. The Labute approximate surface area is 168 Å². The van der Waals surface area contributed by atoms with E-state index in [9.17, 15) is 0 Å². The third kappa shape index (κ3) is 6.88. The Kier molecular flexibility index (Phi) is 10.0. The van der Waals surface area contributed by atoms with Gasteiger partial charge in [0, 0.05) is 6.42 Å². The summed E-state index contributed by atoms with van der Waals surface area (Å²) in [5.74, 6) is 0.971.